The zero-order chi connectivity index (χ0) is 28.2. The molecule has 2 heterocycles. The van der Waals surface area contributed by atoms with Crippen LogP contribution in [0.15, 0.2) is 95.1 Å². The number of hydrazone groups is 2. The number of hydrogen-bond acceptors (Lipinski definition) is 11. The summed E-state index contributed by atoms with van der Waals surface area (Å²) < 4.78 is 5.26. The molecule has 2 aromatic heterocycles. The Morgan fingerprint density at radius 3 is 2.62 bits per heavy atom. The minimum absolute atomic E-state index is 0.0541. The molecule has 0 spiro atoms. The number of benzene rings is 2. The number of anilines is 2. The second-order valence-electron chi connectivity index (χ2n) is 8.10. The standard InChI is InChI=1S/C28H27N7O3S2/c1-3-15-38-16-14-29-26(37)24-17-30-27(40-24)33-32-22(18-36)25(21-12-8-5-9-13-21)34-35(2)28-31-23(19-39-28)20-10-6-4-7-11-20/h3-13,17-19H,1,14-16H2,2H3,(H,29,37)(H,30,33)/b32-22-,34-25-. The normalized spacial score (nSPS) is 11.6. The van der Waals surface area contributed by atoms with E-state index in [0.717, 1.165) is 22.6 Å². The first-order chi connectivity index (χ1) is 19.6. The Labute approximate surface area is 239 Å². The van der Waals surface area contributed by atoms with E-state index in [9.17, 15) is 9.59 Å². The lowest BCUT2D eigenvalue weighted by molar-refractivity contribution is -0.102. The van der Waals surface area contributed by atoms with E-state index >= 15 is 0 Å². The lowest BCUT2D eigenvalue weighted by atomic mass is 10.1. The van der Waals surface area contributed by atoms with E-state index in [1.54, 1.807) is 18.1 Å². The molecule has 0 fully saturated rings. The highest BCUT2D eigenvalue weighted by atomic mass is 32.1. The Kier molecular flexibility index (Phi) is 10.4. The van der Waals surface area contributed by atoms with Crippen molar-refractivity contribution in [3.05, 3.63) is 95.3 Å². The van der Waals surface area contributed by atoms with Crippen molar-refractivity contribution in [3.8, 4) is 11.3 Å². The fourth-order valence-corrected chi connectivity index (χ4v) is 4.79. The van der Waals surface area contributed by atoms with Gasteiger partial charge in [0.1, 0.15) is 10.6 Å². The first-order valence-corrected chi connectivity index (χ1v) is 13.9. The van der Waals surface area contributed by atoms with Crippen molar-refractivity contribution in [1.82, 2.24) is 15.3 Å². The topological polar surface area (TPSA) is 121 Å². The number of ether oxygens (including phenoxy) is 1. The molecule has 0 unspecified atom stereocenters. The number of thiazole rings is 2. The minimum Gasteiger partial charge on any atom is -0.376 e. The predicted octanol–water partition coefficient (Wildman–Crippen LogP) is 4.71. The molecule has 4 rings (SSSR count). The Balaban J connectivity index is 1.51. The SMILES string of the molecule is C=CCOCCNC(=O)c1cnc(N/N=C(C=O)\C(=N/N(C)c2nc(-c3ccccc3)cs2)c2ccccc2)s1. The van der Waals surface area contributed by atoms with Crippen LogP contribution >= 0.6 is 22.7 Å². The molecule has 0 saturated carbocycles. The third-order valence-electron chi connectivity index (χ3n) is 5.26. The van der Waals surface area contributed by atoms with Gasteiger partial charge in [-0.15, -0.1) is 17.9 Å². The molecule has 2 aromatic carbocycles. The molecule has 0 radical (unpaired) electrons. The molecule has 0 atom stereocenters. The Hall–Kier alpha value is -4.52. The number of aromatic nitrogens is 2. The van der Waals surface area contributed by atoms with E-state index < -0.39 is 0 Å². The van der Waals surface area contributed by atoms with Gasteiger partial charge in [0.05, 0.1) is 25.1 Å². The van der Waals surface area contributed by atoms with Crippen LogP contribution in [-0.4, -0.2) is 60.4 Å². The van der Waals surface area contributed by atoms with E-state index in [1.165, 1.54) is 17.5 Å². The van der Waals surface area contributed by atoms with Gasteiger partial charge in [0.2, 0.25) is 10.3 Å². The minimum atomic E-state index is -0.279. The highest BCUT2D eigenvalue weighted by Gasteiger charge is 2.16. The molecule has 0 aliphatic carbocycles. The van der Waals surface area contributed by atoms with Crippen molar-refractivity contribution in [2.45, 2.75) is 0 Å². The molecular formula is C28H27N7O3S2. The summed E-state index contributed by atoms with van der Waals surface area (Å²) in [5.41, 5.74) is 5.71. The van der Waals surface area contributed by atoms with Gasteiger partial charge in [0.15, 0.2) is 12.0 Å². The summed E-state index contributed by atoms with van der Waals surface area (Å²) in [4.78, 5) is 33.8. The number of hydrogen-bond donors (Lipinski definition) is 2. The maximum Gasteiger partial charge on any atom is 0.263 e. The number of rotatable bonds is 14. The summed E-state index contributed by atoms with van der Waals surface area (Å²) in [6.07, 6.45) is 3.70. The monoisotopic (exact) mass is 573 g/mol. The highest BCUT2D eigenvalue weighted by Crippen LogP contribution is 2.27. The molecule has 4 aromatic rings. The van der Waals surface area contributed by atoms with Crippen LogP contribution in [0.3, 0.4) is 0 Å². The summed E-state index contributed by atoms with van der Waals surface area (Å²) in [6, 6.07) is 19.1. The third kappa shape index (κ3) is 7.76. The first-order valence-electron chi connectivity index (χ1n) is 12.2. The van der Waals surface area contributed by atoms with Crippen molar-refractivity contribution in [2.75, 3.05) is 37.2 Å². The summed E-state index contributed by atoms with van der Waals surface area (Å²) in [6.45, 7) is 4.73. The lowest BCUT2D eigenvalue weighted by Gasteiger charge is -2.13. The molecule has 10 nitrogen and oxygen atoms in total. The summed E-state index contributed by atoms with van der Waals surface area (Å²) in [5, 5.41) is 16.3. The maximum atomic E-state index is 12.4. The van der Waals surface area contributed by atoms with Gasteiger partial charge in [-0.05, 0) is 0 Å². The molecule has 1 amide bonds. The number of amides is 1. The zero-order valence-corrected chi connectivity index (χ0v) is 23.3. The number of nitrogens with zero attached hydrogens (tertiary/aromatic N) is 5. The van der Waals surface area contributed by atoms with Crippen molar-refractivity contribution >= 4 is 56.6 Å². The van der Waals surface area contributed by atoms with E-state index in [2.05, 4.69) is 27.4 Å². The zero-order valence-electron chi connectivity index (χ0n) is 21.7. The van der Waals surface area contributed by atoms with Gasteiger partial charge in [0.25, 0.3) is 5.91 Å². The molecular weight excluding hydrogens is 546 g/mol. The average Bonchev–Trinajstić information content (AvgIpc) is 3.68. The fraction of sp³-hybridized carbons (Fsp3) is 0.143. The number of nitrogens with one attached hydrogen (secondary N) is 2. The summed E-state index contributed by atoms with van der Waals surface area (Å²) >= 11 is 2.55. The van der Waals surface area contributed by atoms with Crippen LogP contribution in [0.25, 0.3) is 11.3 Å². The largest absolute Gasteiger partial charge is 0.376 e. The molecule has 0 saturated heterocycles. The second kappa shape index (κ2) is 14.6. The fourth-order valence-electron chi connectivity index (χ4n) is 3.36. The first kappa shape index (κ1) is 28.5. The predicted molar refractivity (Wildman–Crippen MR) is 162 cm³/mol. The van der Waals surface area contributed by atoms with Crippen LogP contribution in [0.2, 0.25) is 0 Å². The summed E-state index contributed by atoms with van der Waals surface area (Å²) in [7, 11) is 1.76. The van der Waals surface area contributed by atoms with Crippen molar-refractivity contribution in [3.63, 3.8) is 0 Å². The molecule has 0 bridgehead atoms. The second-order valence-corrected chi connectivity index (χ2v) is 9.96. The molecule has 12 heteroatoms. The van der Waals surface area contributed by atoms with Gasteiger partial charge in [-0.25, -0.2) is 15.0 Å². The highest BCUT2D eigenvalue weighted by molar-refractivity contribution is 7.17. The van der Waals surface area contributed by atoms with Crippen LogP contribution in [-0.2, 0) is 9.53 Å². The molecule has 0 aliphatic rings. The van der Waals surface area contributed by atoms with Crippen LogP contribution in [0.4, 0.5) is 10.3 Å². The van der Waals surface area contributed by atoms with E-state index in [-0.39, 0.29) is 11.6 Å². The van der Waals surface area contributed by atoms with Gasteiger partial charge < -0.3 is 10.1 Å². The van der Waals surface area contributed by atoms with Crippen molar-refractivity contribution in [1.29, 1.82) is 0 Å². The molecule has 0 aliphatic heterocycles. The van der Waals surface area contributed by atoms with E-state index in [1.807, 2.05) is 66.0 Å². The molecule has 2 N–H and O–H groups in total. The van der Waals surface area contributed by atoms with Gasteiger partial charge in [-0.3, -0.25) is 15.0 Å². The lowest BCUT2D eigenvalue weighted by Crippen LogP contribution is -2.26. The smallest absolute Gasteiger partial charge is 0.263 e. The van der Waals surface area contributed by atoms with Crippen molar-refractivity contribution < 1.29 is 14.3 Å². The van der Waals surface area contributed by atoms with Gasteiger partial charge in [0, 0.05) is 30.1 Å². The van der Waals surface area contributed by atoms with E-state index in [0.29, 0.717) is 52.5 Å². The third-order valence-corrected chi connectivity index (χ3v) is 7.07. The van der Waals surface area contributed by atoms with Crippen LogP contribution < -0.4 is 15.8 Å². The van der Waals surface area contributed by atoms with Crippen LogP contribution in [0, 0.1) is 0 Å². The Bertz CT molecular complexity index is 1480. The number of carbonyl (C=O) groups excluding carboxylic acids is 2. The molecule has 204 valence electrons. The van der Waals surface area contributed by atoms with Gasteiger partial charge in [-0.2, -0.15) is 10.2 Å². The Morgan fingerprint density at radius 1 is 1.15 bits per heavy atom. The quantitative estimate of drug-likeness (QED) is 0.0737. The van der Waals surface area contributed by atoms with Crippen LogP contribution in [0.1, 0.15) is 15.2 Å². The van der Waals surface area contributed by atoms with Gasteiger partial charge >= 0.3 is 0 Å². The van der Waals surface area contributed by atoms with Gasteiger partial charge in [-0.1, -0.05) is 78.1 Å². The average molecular weight is 574 g/mol. The molecule has 40 heavy (non-hydrogen) atoms. The Morgan fingerprint density at radius 2 is 1.90 bits per heavy atom. The number of carbonyl (C=O) groups is 2. The van der Waals surface area contributed by atoms with Crippen LogP contribution in [0.5, 0.6) is 0 Å². The maximum absolute atomic E-state index is 12.4. The number of aldehydes is 1. The van der Waals surface area contributed by atoms with E-state index in [4.69, 9.17) is 14.8 Å². The van der Waals surface area contributed by atoms with Crippen molar-refractivity contribution in [2.24, 2.45) is 10.2 Å². The summed E-state index contributed by atoms with van der Waals surface area (Å²) in [5.74, 6) is -0.279.